The monoisotopic (exact) mass is 238 g/mol. The molecule has 94 valence electrons. The van der Waals surface area contributed by atoms with Crippen LogP contribution in [0.15, 0.2) is 12.4 Å². The summed E-state index contributed by atoms with van der Waals surface area (Å²) < 4.78 is 0. The lowest BCUT2D eigenvalue weighted by Gasteiger charge is -2.18. The van der Waals surface area contributed by atoms with E-state index in [9.17, 15) is 4.79 Å². The third-order valence-corrected chi connectivity index (χ3v) is 2.27. The maximum atomic E-state index is 11.9. The third-order valence-electron chi connectivity index (χ3n) is 2.27. The first-order valence-electron chi connectivity index (χ1n) is 5.69. The lowest BCUT2D eigenvalue weighted by atomic mass is 10.3. The Labute approximate surface area is 101 Å². The number of anilines is 1. The van der Waals surface area contributed by atoms with E-state index in [1.54, 1.807) is 0 Å². The van der Waals surface area contributed by atoms with Gasteiger partial charge >= 0.3 is 0 Å². The van der Waals surface area contributed by atoms with Gasteiger partial charge in [-0.2, -0.15) is 0 Å². The van der Waals surface area contributed by atoms with Crippen molar-refractivity contribution >= 4 is 11.7 Å². The highest BCUT2D eigenvalue weighted by Gasteiger charge is 2.15. The highest BCUT2D eigenvalue weighted by molar-refractivity contribution is 5.92. The van der Waals surface area contributed by atoms with Gasteiger partial charge in [0.2, 0.25) is 0 Å². The summed E-state index contributed by atoms with van der Waals surface area (Å²) >= 11 is 0. The lowest BCUT2D eigenvalue weighted by molar-refractivity contribution is 0.0725. The summed E-state index contributed by atoms with van der Waals surface area (Å²) in [5.74, 6) is 0.436. The van der Waals surface area contributed by atoms with Crippen molar-refractivity contribution in [3.05, 3.63) is 18.1 Å². The zero-order valence-electron chi connectivity index (χ0n) is 10.2. The van der Waals surface area contributed by atoms with Crippen LogP contribution in [0.1, 0.15) is 24.3 Å². The number of aromatic nitrogens is 2. The maximum absolute atomic E-state index is 11.9. The van der Waals surface area contributed by atoms with Gasteiger partial charge in [-0.25, -0.2) is 9.97 Å². The fraction of sp³-hybridized carbons (Fsp3) is 0.545. The van der Waals surface area contributed by atoms with Gasteiger partial charge in [-0.15, -0.1) is 0 Å². The zero-order valence-corrected chi connectivity index (χ0v) is 10.2. The molecule has 0 aliphatic carbocycles. The number of amides is 1. The number of nitrogens with zero attached hydrogens (tertiary/aromatic N) is 3. The first-order valence-corrected chi connectivity index (χ1v) is 5.69. The molecule has 0 saturated heterocycles. The van der Waals surface area contributed by atoms with Crippen molar-refractivity contribution < 1.29 is 9.90 Å². The van der Waals surface area contributed by atoms with Crippen LogP contribution < -0.4 is 5.32 Å². The molecule has 1 amide bonds. The number of likely N-dealkylation sites (N-methyl/N-ethyl adjacent to an activating group) is 1. The third kappa shape index (κ3) is 3.67. The Balaban J connectivity index is 2.74. The first-order chi connectivity index (χ1) is 8.22. The molecule has 1 aromatic heterocycles. The van der Waals surface area contributed by atoms with Crippen LogP contribution in [0.25, 0.3) is 0 Å². The molecule has 17 heavy (non-hydrogen) atoms. The SMILES string of the molecule is CCNc1cnc(C(=O)N(CC)CCO)cn1. The fourth-order valence-corrected chi connectivity index (χ4v) is 1.40. The van der Waals surface area contributed by atoms with E-state index in [4.69, 9.17) is 5.11 Å². The highest BCUT2D eigenvalue weighted by Crippen LogP contribution is 2.04. The topological polar surface area (TPSA) is 78.4 Å². The van der Waals surface area contributed by atoms with Gasteiger partial charge in [0.15, 0.2) is 0 Å². The van der Waals surface area contributed by atoms with E-state index in [-0.39, 0.29) is 12.5 Å². The summed E-state index contributed by atoms with van der Waals surface area (Å²) in [6.07, 6.45) is 2.98. The van der Waals surface area contributed by atoms with Gasteiger partial charge in [0.1, 0.15) is 11.5 Å². The van der Waals surface area contributed by atoms with Crippen molar-refractivity contribution in [3.63, 3.8) is 0 Å². The Morgan fingerprint density at radius 1 is 1.41 bits per heavy atom. The minimum Gasteiger partial charge on any atom is -0.395 e. The second kappa shape index (κ2) is 6.80. The van der Waals surface area contributed by atoms with E-state index < -0.39 is 0 Å². The summed E-state index contributed by atoms with van der Waals surface area (Å²) in [5, 5.41) is 11.8. The lowest BCUT2D eigenvalue weighted by Crippen LogP contribution is -2.33. The highest BCUT2D eigenvalue weighted by atomic mass is 16.3. The Hall–Kier alpha value is -1.69. The number of aliphatic hydroxyl groups is 1. The average Bonchev–Trinajstić information content (AvgIpc) is 2.36. The second-order valence-corrected chi connectivity index (χ2v) is 3.43. The molecule has 0 radical (unpaired) electrons. The van der Waals surface area contributed by atoms with E-state index in [0.29, 0.717) is 24.6 Å². The predicted octanol–water partition coefficient (Wildman–Crippen LogP) is 0.363. The Morgan fingerprint density at radius 3 is 2.65 bits per heavy atom. The average molecular weight is 238 g/mol. The van der Waals surface area contributed by atoms with E-state index in [1.807, 2.05) is 13.8 Å². The smallest absolute Gasteiger partial charge is 0.274 e. The van der Waals surface area contributed by atoms with E-state index in [1.165, 1.54) is 17.3 Å². The number of hydrogen-bond donors (Lipinski definition) is 2. The van der Waals surface area contributed by atoms with E-state index >= 15 is 0 Å². The standard InChI is InChI=1S/C11H18N4O2/c1-3-12-10-8-13-9(7-14-10)11(17)15(4-2)5-6-16/h7-8,16H,3-6H2,1-2H3,(H,12,14). The minimum absolute atomic E-state index is 0.0531. The van der Waals surface area contributed by atoms with Crippen molar-refractivity contribution in [3.8, 4) is 0 Å². The number of rotatable bonds is 6. The molecule has 0 atom stereocenters. The van der Waals surface area contributed by atoms with Gasteiger partial charge in [0.05, 0.1) is 19.0 Å². The molecule has 0 unspecified atom stereocenters. The number of nitrogens with one attached hydrogen (secondary N) is 1. The van der Waals surface area contributed by atoms with Crippen LogP contribution in [0.2, 0.25) is 0 Å². The number of carbonyl (C=O) groups is 1. The quantitative estimate of drug-likeness (QED) is 0.748. The molecule has 6 heteroatoms. The van der Waals surface area contributed by atoms with E-state index in [0.717, 1.165) is 6.54 Å². The van der Waals surface area contributed by atoms with Crippen LogP contribution in [-0.2, 0) is 0 Å². The first kappa shape index (κ1) is 13.4. The van der Waals surface area contributed by atoms with Crippen molar-refractivity contribution in [2.24, 2.45) is 0 Å². The Kier molecular flexibility index (Phi) is 5.35. The Bertz CT molecular complexity index is 353. The van der Waals surface area contributed by atoms with Gasteiger partial charge in [0.25, 0.3) is 5.91 Å². The summed E-state index contributed by atoms with van der Waals surface area (Å²) in [4.78, 5) is 21.6. The molecule has 0 saturated carbocycles. The van der Waals surface area contributed by atoms with Gasteiger partial charge in [-0.3, -0.25) is 4.79 Å². The van der Waals surface area contributed by atoms with Crippen LogP contribution >= 0.6 is 0 Å². The van der Waals surface area contributed by atoms with Crippen LogP contribution in [0, 0.1) is 0 Å². The molecular weight excluding hydrogens is 220 g/mol. The number of carbonyl (C=O) groups excluding carboxylic acids is 1. The van der Waals surface area contributed by atoms with Crippen molar-refractivity contribution in [1.29, 1.82) is 0 Å². The van der Waals surface area contributed by atoms with Crippen LogP contribution in [0.4, 0.5) is 5.82 Å². The summed E-state index contributed by atoms with van der Waals surface area (Å²) in [6.45, 7) is 5.37. The fourth-order valence-electron chi connectivity index (χ4n) is 1.40. The van der Waals surface area contributed by atoms with Gasteiger partial charge in [-0.05, 0) is 13.8 Å². The predicted molar refractivity (Wildman–Crippen MR) is 64.9 cm³/mol. The summed E-state index contributed by atoms with van der Waals surface area (Å²) in [6, 6.07) is 0. The van der Waals surface area contributed by atoms with Crippen molar-refractivity contribution in [1.82, 2.24) is 14.9 Å². The normalized spacial score (nSPS) is 10.1. The molecule has 0 aromatic carbocycles. The molecule has 0 aliphatic rings. The number of hydrogen-bond acceptors (Lipinski definition) is 5. The van der Waals surface area contributed by atoms with Gasteiger partial charge in [0, 0.05) is 19.6 Å². The van der Waals surface area contributed by atoms with Crippen molar-refractivity contribution in [2.45, 2.75) is 13.8 Å². The van der Waals surface area contributed by atoms with Gasteiger partial charge < -0.3 is 15.3 Å². The molecule has 0 fully saturated rings. The molecule has 6 nitrogen and oxygen atoms in total. The molecular formula is C11H18N4O2. The molecule has 1 rings (SSSR count). The summed E-state index contributed by atoms with van der Waals surface area (Å²) in [7, 11) is 0. The molecule has 1 heterocycles. The van der Waals surface area contributed by atoms with Crippen molar-refractivity contribution in [2.75, 3.05) is 31.6 Å². The minimum atomic E-state index is -0.211. The maximum Gasteiger partial charge on any atom is 0.274 e. The van der Waals surface area contributed by atoms with E-state index in [2.05, 4.69) is 15.3 Å². The second-order valence-electron chi connectivity index (χ2n) is 3.43. The molecule has 2 N–H and O–H groups in total. The van der Waals surface area contributed by atoms with Gasteiger partial charge in [-0.1, -0.05) is 0 Å². The molecule has 0 bridgehead atoms. The zero-order chi connectivity index (χ0) is 12.7. The molecule has 0 aliphatic heterocycles. The summed E-state index contributed by atoms with van der Waals surface area (Å²) in [5.41, 5.74) is 0.293. The molecule has 0 spiro atoms. The largest absolute Gasteiger partial charge is 0.395 e. The van der Waals surface area contributed by atoms with Crippen LogP contribution in [0.3, 0.4) is 0 Å². The van der Waals surface area contributed by atoms with Crippen LogP contribution in [-0.4, -0.2) is 52.1 Å². The number of aliphatic hydroxyl groups excluding tert-OH is 1. The van der Waals surface area contributed by atoms with Crippen LogP contribution in [0.5, 0.6) is 0 Å². The molecule has 1 aromatic rings. The Morgan fingerprint density at radius 2 is 2.18 bits per heavy atom.